The molecule has 25 heavy (non-hydrogen) atoms. The summed E-state index contributed by atoms with van der Waals surface area (Å²) in [6.45, 7) is 3.12. The number of hydrogen-bond acceptors (Lipinski definition) is 4. The van der Waals surface area contributed by atoms with Crippen molar-refractivity contribution in [2.24, 2.45) is 5.41 Å². The van der Waals surface area contributed by atoms with Crippen molar-refractivity contribution in [2.75, 3.05) is 13.1 Å². The van der Waals surface area contributed by atoms with Gasteiger partial charge in [-0.15, -0.1) is 0 Å². The standard InChI is InChI=1S/C19H24N2O2S2/c22-25(23,17-4-2-1-3-5-17)20-18-6-8-19(18)9-11-21(12-10-19)14-16-7-13-24-15-16/h1-5,7,13,15,18,20H,6,8-12,14H2/t18-/m0/s1. The fraction of sp³-hybridized carbons (Fsp3) is 0.474. The number of sulfonamides is 1. The monoisotopic (exact) mass is 376 g/mol. The molecule has 4 nitrogen and oxygen atoms in total. The average Bonchev–Trinajstić information content (AvgIpc) is 3.13. The van der Waals surface area contributed by atoms with E-state index in [1.807, 2.05) is 6.07 Å². The summed E-state index contributed by atoms with van der Waals surface area (Å²) in [4.78, 5) is 2.86. The van der Waals surface area contributed by atoms with Gasteiger partial charge in [-0.3, -0.25) is 4.90 Å². The molecule has 2 fully saturated rings. The molecule has 2 aromatic rings. The second-order valence-electron chi connectivity index (χ2n) is 7.30. The first-order chi connectivity index (χ1) is 12.1. The molecule has 4 rings (SSSR count). The van der Waals surface area contributed by atoms with Crippen LogP contribution >= 0.6 is 11.3 Å². The van der Waals surface area contributed by atoms with Crippen LogP contribution in [0.1, 0.15) is 31.2 Å². The van der Waals surface area contributed by atoms with E-state index < -0.39 is 10.0 Å². The number of likely N-dealkylation sites (tertiary alicyclic amines) is 1. The maximum absolute atomic E-state index is 12.6. The van der Waals surface area contributed by atoms with Gasteiger partial charge in [0.25, 0.3) is 0 Å². The molecule has 1 aliphatic heterocycles. The topological polar surface area (TPSA) is 49.4 Å². The van der Waals surface area contributed by atoms with Crippen LogP contribution in [0.5, 0.6) is 0 Å². The zero-order valence-corrected chi connectivity index (χ0v) is 15.9. The predicted molar refractivity (Wildman–Crippen MR) is 101 cm³/mol. The number of piperidine rings is 1. The molecule has 1 aliphatic carbocycles. The third-order valence-corrected chi connectivity index (χ3v) is 8.08. The molecule has 2 aliphatic rings. The molecule has 1 aromatic heterocycles. The van der Waals surface area contributed by atoms with Gasteiger partial charge in [0, 0.05) is 12.6 Å². The molecule has 1 N–H and O–H groups in total. The molecule has 0 bridgehead atoms. The van der Waals surface area contributed by atoms with Crippen molar-refractivity contribution >= 4 is 21.4 Å². The normalized spacial score (nSPS) is 23.4. The van der Waals surface area contributed by atoms with Gasteiger partial charge < -0.3 is 0 Å². The fourth-order valence-corrected chi connectivity index (χ4v) is 6.19. The van der Waals surface area contributed by atoms with Crippen LogP contribution in [-0.4, -0.2) is 32.4 Å². The first-order valence-electron chi connectivity index (χ1n) is 8.88. The fourth-order valence-electron chi connectivity index (χ4n) is 4.13. The van der Waals surface area contributed by atoms with Crippen LogP contribution in [-0.2, 0) is 16.6 Å². The second-order valence-corrected chi connectivity index (χ2v) is 9.79. The minimum Gasteiger partial charge on any atom is -0.299 e. The van der Waals surface area contributed by atoms with Crippen molar-refractivity contribution in [1.29, 1.82) is 0 Å². The SMILES string of the molecule is O=S(=O)(N[C@H]1CCC12CCN(Cc1ccsc1)CC2)c1ccccc1. The number of rotatable bonds is 5. The summed E-state index contributed by atoms with van der Waals surface area (Å²) in [5.74, 6) is 0. The zero-order valence-electron chi connectivity index (χ0n) is 14.2. The van der Waals surface area contributed by atoms with E-state index >= 15 is 0 Å². The van der Waals surface area contributed by atoms with Crippen LogP contribution in [0, 0.1) is 5.41 Å². The van der Waals surface area contributed by atoms with Crippen LogP contribution in [0.2, 0.25) is 0 Å². The summed E-state index contributed by atoms with van der Waals surface area (Å²) in [6, 6.07) is 11.0. The van der Waals surface area contributed by atoms with Crippen molar-refractivity contribution in [2.45, 2.75) is 43.2 Å². The van der Waals surface area contributed by atoms with Crippen molar-refractivity contribution in [3.8, 4) is 0 Å². The lowest BCUT2D eigenvalue weighted by Gasteiger charge is -2.54. The molecule has 2 heterocycles. The number of thiophene rings is 1. The van der Waals surface area contributed by atoms with Gasteiger partial charge in [0.2, 0.25) is 10.0 Å². The van der Waals surface area contributed by atoms with Gasteiger partial charge in [-0.05, 0) is 78.7 Å². The minimum absolute atomic E-state index is 0.0843. The molecular weight excluding hydrogens is 352 g/mol. The van der Waals surface area contributed by atoms with Gasteiger partial charge in [-0.2, -0.15) is 11.3 Å². The maximum Gasteiger partial charge on any atom is 0.240 e. The number of hydrogen-bond donors (Lipinski definition) is 1. The summed E-state index contributed by atoms with van der Waals surface area (Å²) in [6.07, 6.45) is 4.26. The summed E-state index contributed by atoms with van der Waals surface area (Å²) >= 11 is 1.74. The smallest absolute Gasteiger partial charge is 0.240 e. The first kappa shape index (κ1) is 17.2. The highest BCUT2D eigenvalue weighted by Gasteiger charge is 2.49. The Balaban J connectivity index is 1.38. The lowest BCUT2D eigenvalue weighted by atomic mass is 9.59. The van der Waals surface area contributed by atoms with E-state index in [0.717, 1.165) is 45.3 Å². The van der Waals surface area contributed by atoms with Gasteiger partial charge in [0.1, 0.15) is 0 Å². The van der Waals surface area contributed by atoms with E-state index in [1.165, 1.54) is 5.56 Å². The summed E-state index contributed by atoms with van der Waals surface area (Å²) in [5.41, 5.74) is 1.54. The first-order valence-corrected chi connectivity index (χ1v) is 11.3. The third kappa shape index (κ3) is 3.53. The Labute approximate surface area is 153 Å². The van der Waals surface area contributed by atoms with E-state index in [1.54, 1.807) is 35.6 Å². The van der Waals surface area contributed by atoms with E-state index in [0.29, 0.717) is 4.90 Å². The lowest BCUT2D eigenvalue weighted by Crippen LogP contribution is -2.58. The Morgan fingerprint density at radius 1 is 1.12 bits per heavy atom. The van der Waals surface area contributed by atoms with Crippen LogP contribution in [0.15, 0.2) is 52.1 Å². The molecule has 1 aromatic carbocycles. The van der Waals surface area contributed by atoms with Crippen molar-refractivity contribution in [3.05, 3.63) is 52.7 Å². The number of nitrogens with zero attached hydrogens (tertiary/aromatic N) is 1. The molecule has 0 amide bonds. The summed E-state index contributed by atoms with van der Waals surface area (Å²) < 4.78 is 28.2. The van der Waals surface area contributed by atoms with E-state index in [4.69, 9.17) is 0 Å². The Morgan fingerprint density at radius 2 is 1.88 bits per heavy atom. The van der Waals surface area contributed by atoms with E-state index in [-0.39, 0.29) is 11.5 Å². The van der Waals surface area contributed by atoms with Gasteiger partial charge in [-0.25, -0.2) is 13.1 Å². The summed E-state index contributed by atoms with van der Waals surface area (Å²) in [5, 5.41) is 4.34. The number of nitrogens with one attached hydrogen (secondary N) is 1. The van der Waals surface area contributed by atoms with E-state index in [2.05, 4.69) is 26.4 Å². The van der Waals surface area contributed by atoms with Crippen LogP contribution in [0.3, 0.4) is 0 Å². The van der Waals surface area contributed by atoms with Crippen LogP contribution in [0.4, 0.5) is 0 Å². The molecular formula is C19H24N2O2S2. The van der Waals surface area contributed by atoms with Crippen molar-refractivity contribution in [1.82, 2.24) is 9.62 Å². The zero-order chi connectivity index (χ0) is 17.3. The maximum atomic E-state index is 12.6. The van der Waals surface area contributed by atoms with Crippen LogP contribution < -0.4 is 4.72 Å². The molecule has 1 saturated carbocycles. The molecule has 6 heteroatoms. The Hall–Kier alpha value is -1.21. The lowest BCUT2D eigenvalue weighted by molar-refractivity contribution is 0.000735. The van der Waals surface area contributed by atoms with Gasteiger partial charge in [0.15, 0.2) is 0 Å². The minimum atomic E-state index is -3.41. The van der Waals surface area contributed by atoms with Crippen molar-refractivity contribution < 1.29 is 8.42 Å². The molecule has 1 saturated heterocycles. The highest BCUT2D eigenvalue weighted by Crippen LogP contribution is 2.49. The highest BCUT2D eigenvalue weighted by atomic mass is 32.2. The largest absolute Gasteiger partial charge is 0.299 e. The highest BCUT2D eigenvalue weighted by molar-refractivity contribution is 7.89. The van der Waals surface area contributed by atoms with Crippen LogP contribution in [0.25, 0.3) is 0 Å². The molecule has 0 unspecified atom stereocenters. The van der Waals surface area contributed by atoms with Gasteiger partial charge >= 0.3 is 0 Å². The molecule has 1 spiro atoms. The predicted octanol–water partition coefficient (Wildman–Crippen LogP) is 3.47. The Kier molecular flexibility index (Phi) is 4.71. The van der Waals surface area contributed by atoms with Gasteiger partial charge in [0.05, 0.1) is 4.90 Å². The Bertz CT molecular complexity index is 795. The average molecular weight is 377 g/mol. The quantitative estimate of drug-likeness (QED) is 0.869. The summed E-state index contributed by atoms with van der Waals surface area (Å²) in [7, 11) is -3.41. The van der Waals surface area contributed by atoms with Gasteiger partial charge in [-0.1, -0.05) is 18.2 Å². The second kappa shape index (κ2) is 6.83. The molecule has 0 radical (unpaired) electrons. The number of benzene rings is 1. The molecule has 134 valence electrons. The Morgan fingerprint density at radius 3 is 2.48 bits per heavy atom. The third-order valence-electron chi connectivity index (χ3n) is 5.86. The van der Waals surface area contributed by atoms with Crippen molar-refractivity contribution in [3.63, 3.8) is 0 Å². The molecule has 1 atom stereocenters. The van der Waals surface area contributed by atoms with E-state index in [9.17, 15) is 8.42 Å².